The van der Waals surface area contributed by atoms with Crippen LogP contribution in [-0.4, -0.2) is 19.7 Å². The fourth-order valence-corrected chi connectivity index (χ4v) is 1.52. The zero-order valence-electron chi connectivity index (χ0n) is 9.51. The Morgan fingerprint density at radius 1 is 1.38 bits per heavy atom. The third kappa shape index (κ3) is 2.03. The Labute approximate surface area is 94.3 Å². The van der Waals surface area contributed by atoms with Gasteiger partial charge in [0.1, 0.15) is 12.1 Å². The SMILES string of the molecule is CCCn1cnc(-c2ccc(C)nc2N)n1. The van der Waals surface area contributed by atoms with E-state index in [1.807, 2.05) is 23.7 Å². The van der Waals surface area contributed by atoms with Crippen LogP contribution < -0.4 is 5.73 Å². The summed E-state index contributed by atoms with van der Waals surface area (Å²) >= 11 is 0. The lowest BCUT2D eigenvalue weighted by Crippen LogP contribution is -1.99. The number of pyridine rings is 1. The van der Waals surface area contributed by atoms with Gasteiger partial charge in [0.25, 0.3) is 0 Å². The van der Waals surface area contributed by atoms with Crippen molar-refractivity contribution in [3.63, 3.8) is 0 Å². The summed E-state index contributed by atoms with van der Waals surface area (Å²) in [4.78, 5) is 8.42. The maximum atomic E-state index is 5.84. The summed E-state index contributed by atoms with van der Waals surface area (Å²) in [6.07, 6.45) is 2.75. The van der Waals surface area contributed by atoms with Crippen molar-refractivity contribution in [2.45, 2.75) is 26.8 Å². The quantitative estimate of drug-likeness (QED) is 0.848. The average molecular weight is 217 g/mol. The fourth-order valence-electron chi connectivity index (χ4n) is 1.52. The van der Waals surface area contributed by atoms with E-state index in [0.29, 0.717) is 11.6 Å². The van der Waals surface area contributed by atoms with Gasteiger partial charge in [-0.1, -0.05) is 6.92 Å². The van der Waals surface area contributed by atoms with Gasteiger partial charge in [0.05, 0.1) is 5.56 Å². The van der Waals surface area contributed by atoms with E-state index in [1.165, 1.54) is 0 Å². The summed E-state index contributed by atoms with van der Waals surface area (Å²) in [6.45, 7) is 4.87. The molecule has 0 bridgehead atoms. The molecule has 0 amide bonds. The maximum Gasteiger partial charge on any atom is 0.184 e. The van der Waals surface area contributed by atoms with Crippen molar-refractivity contribution in [3.05, 3.63) is 24.2 Å². The molecule has 84 valence electrons. The molecule has 0 aliphatic heterocycles. The van der Waals surface area contributed by atoms with E-state index in [1.54, 1.807) is 6.33 Å². The minimum Gasteiger partial charge on any atom is -0.383 e. The highest BCUT2D eigenvalue weighted by atomic mass is 15.3. The highest BCUT2D eigenvalue weighted by Crippen LogP contribution is 2.20. The van der Waals surface area contributed by atoms with E-state index in [2.05, 4.69) is 22.0 Å². The summed E-state index contributed by atoms with van der Waals surface area (Å²) in [6, 6.07) is 3.81. The zero-order chi connectivity index (χ0) is 11.5. The van der Waals surface area contributed by atoms with Crippen molar-refractivity contribution in [3.8, 4) is 11.4 Å². The van der Waals surface area contributed by atoms with E-state index in [4.69, 9.17) is 5.73 Å². The highest BCUT2D eigenvalue weighted by Gasteiger charge is 2.08. The van der Waals surface area contributed by atoms with Crippen LogP contribution in [0.3, 0.4) is 0 Å². The van der Waals surface area contributed by atoms with Crippen LogP contribution in [0.1, 0.15) is 19.0 Å². The Hall–Kier alpha value is -1.91. The Kier molecular flexibility index (Phi) is 2.85. The van der Waals surface area contributed by atoms with Crippen LogP contribution in [0.25, 0.3) is 11.4 Å². The van der Waals surface area contributed by atoms with Crippen LogP contribution in [-0.2, 0) is 6.54 Å². The first kappa shape index (κ1) is 10.6. The summed E-state index contributed by atoms with van der Waals surface area (Å²) < 4.78 is 1.81. The predicted octanol–water partition coefficient (Wildman–Crippen LogP) is 1.64. The first-order valence-corrected chi connectivity index (χ1v) is 5.33. The molecule has 0 radical (unpaired) electrons. The van der Waals surface area contributed by atoms with Gasteiger partial charge in [-0.25, -0.2) is 9.97 Å². The lowest BCUT2D eigenvalue weighted by Gasteiger charge is -2.01. The number of rotatable bonds is 3. The van der Waals surface area contributed by atoms with Gasteiger partial charge < -0.3 is 5.73 Å². The van der Waals surface area contributed by atoms with Gasteiger partial charge in [-0.15, -0.1) is 0 Å². The summed E-state index contributed by atoms with van der Waals surface area (Å²) in [5, 5.41) is 4.35. The van der Waals surface area contributed by atoms with E-state index in [9.17, 15) is 0 Å². The van der Waals surface area contributed by atoms with Gasteiger partial charge in [-0.3, -0.25) is 4.68 Å². The molecule has 0 saturated carbocycles. The van der Waals surface area contributed by atoms with E-state index in [-0.39, 0.29) is 0 Å². The van der Waals surface area contributed by atoms with Gasteiger partial charge >= 0.3 is 0 Å². The van der Waals surface area contributed by atoms with Crippen LogP contribution in [0.15, 0.2) is 18.5 Å². The van der Waals surface area contributed by atoms with Crippen molar-refractivity contribution >= 4 is 5.82 Å². The molecule has 5 heteroatoms. The molecule has 16 heavy (non-hydrogen) atoms. The summed E-state index contributed by atoms with van der Waals surface area (Å²) in [5.41, 5.74) is 7.53. The smallest absolute Gasteiger partial charge is 0.184 e. The monoisotopic (exact) mass is 217 g/mol. The van der Waals surface area contributed by atoms with Gasteiger partial charge in [0.2, 0.25) is 0 Å². The van der Waals surface area contributed by atoms with Gasteiger partial charge in [-0.2, -0.15) is 5.10 Å². The minimum absolute atomic E-state index is 0.481. The molecule has 0 aromatic carbocycles. The molecule has 0 fully saturated rings. The predicted molar refractivity (Wildman–Crippen MR) is 62.7 cm³/mol. The molecule has 0 spiro atoms. The molecule has 2 aromatic heterocycles. The Bertz CT molecular complexity index is 489. The second kappa shape index (κ2) is 4.30. The maximum absolute atomic E-state index is 5.84. The number of nitrogens with two attached hydrogens (primary N) is 1. The second-order valence-corrected chi connectivity index (χ2v) is 3.72. The van der Waals surface area contributed by atoms with E-state index < -0.39 is 0 Å². The Morgan fingerprint density at radius 2 is 2.19 bits per heavy atom. The molecule has 0 atom stereocenters. The van der Waals surface area contributed by atoms with Gasteiger partial charge in [-0.05, 0) is 25.5 Å². The third-order valence-corrected chi connectivity index (χ3v) is 2.29. The molecule has 2 aromatic rings. The van der Waals surface area contributed by atoms with Crippen molar-refractivity contribution < 1.29 is 0 Å². The van der Waals surface area contributed by atoms with Crippen molar-refractivity contribution in [2.75, 3.05) is 5.73 Å². The molecule has 0 aliphatic carbocycles. The average Bonchev–Trinajstić information content (AvgIpc) is 2.67. The molecule has 0 unspecified atom stereocenters. The standard InChI is InChI=1S/C11H15N5/c1-3-6-16-7-13-11(15-16)9-5-4-8(2)14-10(9)12/h4-5,7H,3,6H2,1-2H3,(H2,12,14). The molecular formula is C11H15N5. The molecule has 5 nitrogen and oxygen atoms in total. The number of aromatic nitrogens is 4. The van der Waals surface area contributed by atoms with Crippen molar-refractivity contribution in [1.29, 1.82) is 0 Å². The largest absolute Gasteiger partial charge is 0.383 e. The van der Waals surface area contributed by atoms with E-state index in [0.717, 1.165) is 24.2 Å². The lowest BCUT2D eigenvalue weighted by molar-refractivity contribution is 0.602. The van der Waals surface area contributed by atoms with Gasteiger partial charge in [0, 0.05) is 12.2 Å². The first-order chi connectivity index (χ1) is 7.70. The first-order valence-electron chi connectivity index (χ1n) is 5.33. The summed E-state index contributed by atoms with van der Waals surface area (Å²) in [7, 11) is 0. The molecular weight excluding hydrogens is 202 g/mol. The third-order valence-electron chi connectivity index (χ3n) is 2.29. The van der Waals surface area contributed by atoms with Crippen LogP contribution in [0.4, 0.5) is 5.82 Å². The Balaban J connectivity index is 2.35. The Morgan fingerprint density at radius 3 is 2.88 bits per heavy atom. The number of nitrogens with zero attached hydrogens (tertiary/aromatic N) is 4. The minimum atomic E-state index is 0.481. The number of nitrogen functional groups attached to an aromatic ring is 1. The molecule has 2 N–H and O–H groups in total. The highest BCUT2D eigenvalue weighted by molar-refractivity contribution is 5.67. The summed E-state index contributed by atoms with van der Waals surface area (Å²) in [5.74, 6) is 1.12. The number of aryl methyl sites for hydroxylation is 2. The van der Waals surface area contributed by atoms with Crippen LogP contribution in [0.5, 0.6) is 0 Å². The molecule has 2 rings (SSSR count). The van der Waals surface area contributed by atoms with Crippen LogP contribution in [0.2, 0.25) is 0 Å². The number of hydrogen-bond acceptors (Lipinski definition) is 4. The zero-order valence-corrected chi connectivity index (χ0v) is 9.51. The fraction of sp³-hybridized carbons (Fsp3) is 0.364. The van der Waals surface area contributed by atoms with Crippen LogP contribution in [0, 0.1) is 6.92 Å². The van der Waals surface area contributed by atoms with Gasteiger partial charge in [0.15, 0.2) is 5.82 Å². The topological polar surface area (TPSA) is 69.6 Å². The molecule has 0 saturated heterocycles. The van der Waals surface area contributed by atoms with E-state index >= 15 is 0 Å². The van der Waals surface area contributed by atoms with Crippen LogP contribution >= 0.6 is 0 Å². The lowest BCUT2D eigenvalue weighted by atomic mass is 10.2. The second-order valence-electron chi connectivity index (χ2n) is 3.72. The van der Waals surface area contributed by atoms with Crippen molar-refractivity contribution in [1.82, 2.24) is 19.7 Å². The molecule has 2 heterocycles. The normalized spacial score (nSPS) is 10.6. The van der Waals surface area contributed by atoms with Crippen molar-refractivity contribution in [2.24, 2.45) is 0 Å². The number of hydrogen-bond donors (Lipinski definition) is 1. The molecule has 0 aliphatic rings. The number of anilines is 1.